The van der Waals surface area contributed by atoms with Crippen molar-refractivity contribution in [2.24, 2.45) is 17.8 Å². The maximum absolute atomic E-state index is 13.1. The Morgan fingerprint density at radius 1 is 1.16 bits per heavy atom. The van der Waals surface area contributed by atoms with E-state index in [-0.39, 0.29) is 11.8 Å². The van der Waals surface area contributed by atoms with Crippen molar-refractivity contribution in [1.82, 2.24) is 19.9 Å². The molecule has 0 aromatic carbocycles. The van der Waals surface area contributed by atoms with E-state index in [1.807, 2.05) is 4.90 Å². The lowest BCUT2D eigenvalue weighted by molar-refractivity contribution is -0.146. The Morgan fingerprint density at radius 2 is 2.00 bits per heavy atom. The van der Waals surface area contributed by atoms with E-state index in [0.717, 1.165) is 37.6 Å². The summed E-state index contributed by atoms with van der Waals surface area (Å²) in [6.07, 6.45) is 13.7. The monoisotopic (exact) mass is 346 g/mol. The molecule has 0 radical (unpaired) electrons. The molecule has 1 N–H and O–H groups in total. The first-order chi connectivity index (χ1) is 12.1. The average molecular weight is 346 g/mol. The maximum Gasteiger partial charge on any atom is 0.225 e. The topological polar surface area (TPSA) is 71.2 Å². The number of hydrogen-bond donors (Lipinski definition) is 1. The number of β-amino-alcohol motifs (C(OH)–C–C–N with tert-alkyl or cyclic N) is 1. The van der Waals surface area contributed by atoms with Crippen LogP contribution < -0.4 is 0 Å². The van der Waals surface area contributed by atoms with Gasteiger partial charge in [-0.2, -0.15) is 0 Å². The van der Waals surface area contributed by atoms with Crippen LogP contribution in [0.2, 0.25) is 0 Å². The van der Waals surface area contributed by atoms with Gasteiger partial charge in [-0.3, -0.25) is 4.79 Å². The second kappa shape index (κ2) is 7.06. The zero-order valence-electron chi connectivity index (χ0n) is 15.0. The van der Waals surface area contributed by atoms with Crippen LogP contribution >= 0.6 is 0 Å². The summed E-state index contributed by atoms with van der Waals surface area (Å²) in [5.74, 6) is 2.08. The molecule has 1 aromatic rings. The van der Waals surface area contributed by atoms with Crippen LogP contribution in [0.3, 0.4) is 0 Å². The Labute approximate surface area is 149 Å². The standard InChI is InChI=1S/C19H30N4O2/c24-18(17-7-6-15-4-1-2-5-16(15)12-17)22-10-3-8-19(25,13-22)14-23-11-9-20-21-23/h9,11,15-17,25H,1-8,10,12-14H2. The van der Waals surface area contributed by atoms with Crippen LogP contribution in [0, 0.1) is 17.8 Å². The van der Waals surface area contributed by atoms with Gasteiger partial charge >= 0.3 is 0 Å². The normalized spacial score (nSPS) is 36.0. The molecule has 2 saturated carbocycles. The van der Waals surface area contributed by atoms with Crippen LogP contribution in [0.1, 0.15) is 57.8 Å². The summed E-state index contributed by atoms with van der Waals surface area (Å²) in [5, 5.41) is 18.7. The number of aliphatic hydroxyl groups is 1. The molecular weight excluding hydrogens is 316 g/mol. The van der Waals surface area contributed by atoms with Crippen LogP contribution in [0.5, 0.6) is 0 Å². The van der Waals surface area contributed by atoms with Gasteiger partial charge in [-0.25, -0.2) is 4.68 Å². The zero-order valence-corrected chi connectivity index (χ0v) is 15.0. The Hall–Kier alpha value is -1.43. The second-order valence-corrected chi connectivity index (χ2v) is 8.50. The van der Waals surface area contributed by atoms with Crippen molar-refractivity contribution in [3.63, 3.8) is 0 Å². The molecule has 2 aliphatic carbocycles. The third-order valence-corrected chi connectivity index (χ3v) is 6.68. The van der Waals surface area contributed by atoms with Gasteiger partial charge in [0.1, 0.15) is 5.60 Å². The number of fused-ring (bicyclic) bond motifs is 1. The van der Waals surface area contributed by atoms with E-state index in [2.05, 4.69) is 10.3 Å². The van der Waals surface area contributed by atoms with Gasteiger partial charge in [0.2, 0.25) is 5.91 Å². The minimum Gasteiger partial charge on any atom is -0.386 e. The molecule has 1 amide bonds. The van der Waals surface area contributed by atoms with Crippen LogP contribution in [-0.4, -0.2) is 49.6 Å². The number of likely N-dealkylation sites (tertiary alicyclic amines) is 1. The highest BCUT2D eigenvalue weighted by Crippen LogP contribution is 2.43. The molecular formula is C19H30N4O2. The van der Waals surface area contributed by atoms with Gasteiger partial charge in [-0.05, 0) is 43.9 Å². The van der Waals surface area contributed by atoms with E-state index < -0.39 is 5.60 Å². The van der Waals surface area contributed by atoms with Crippen molar-refractivity contribution in [3.8, 4) is 0 Å². The number of hydrogen-bond acceptors (Lipinski definition) is 4. The predicted molar refractivity (Wildman–Crippen MR) is 93.6 cm³/mol. The summed E-state index contributed by atoms with van der Waals surface area (Å²) in [6.45, 7) is 1.62. The highest BCUT2D eigenvalue weighted by Gasteiger charge is 2.40. The number of rotatable bonds is 3. The minimum absolute atomic E-state index is 0.174. The highest BCUT2D eigenvalue weighted by molar-refractivity contribution is 5.79. The molecule has 0 spiro atoms. The number of carbonyl (C=O) groups excluding carboxylic acids is 1. The molecule has 4 rings (SSSR count). The number of aromatic nitrogens is 3. The number of piperidine rings is 1. The third-order valence-electron chi connectivity index (χ3n) is 6.68. The minimum atomic E-state index is -0.885. The Bertz CT molecular complexity index is 590. The van der Waals surface area contributed by atoms with Gasteiger partial charge in [-0.1, -0.05) is 30.9 Å². The molecule has 6 nitrogen and oxygen atoms in total. The van der Waals surface area contributed by atoms with Crippen molar-refractivity contribution < 1.29 is 9.90 Å². The lowest BCUT2D eigenvalue weighted by Gasteiger charge is -2.43. The molecule has 0 bridgehead atoms. The first-order valence-corrected chi connectivity index (χ1v) is 9.98. The molecule has 1 saturated heterocycles. The second-order valence-electron chi connectivity index (χ2n) is 8.50. The van der Waals surface area contributed by atoms with E-state index in [9.17, 15) is 9.90 Å². The van der Waals surface area contributed by atoms with Gasteiger partial charge < -0.3 is 10.0 Å². The molecule has 2 heterocycles. The molecule has 1 aromatic heterocycles. The third kappa shape index (κ3) is 3.73. The van der Waals surface area contributed by atoms with E-state index in [1.54, 1.807) is 17.1 Å². The van der Waals surface area contributed by atoms with E-state index in [0.29, 0.717) is 19.5 Å². The fourth-order valence-electron chi connectivity index (χ4n) is 5.40. The molecule has 3 aliphatic rings. The average Bonchev–Trinajstić information content (AvgIpc) is 3.13. The summed E-state index contributed by atoms with van der Waals surface area (Å²) in [6, 6.07) is 0. The van der Waals surface area contributed by atoms with Gasteiger partial charge in [-0.15, -0.1) is 5.10 Å². The summed E-state index contributed by atoms with van der Waals surface area (Å²) in [7, 11) is 0. The van der Waals surface area contributed by atoms with Crippen LogP contribution in [0.25, 0.3) is 0 Å². The van der Waals surface area contributed by atoms with Gasteiger partial charge in [0, 0.05) is 18.7 Å². The molecule has 6 heteroatoms. The van der Waals surface area contributed by atoms with Crippen molar-refractivity contribution in [2.75, 3.05) is 13.1 Å². The van der Waals surface area contributed by atoms with E-state index >= 15 is 0 Å². The number of amides is 1. The fraction of sp³-hybridized carbons (Fsp3) is 0.842. The largest absolute Gasteiger partial charge is 0.386 e. The molecule has 138 valence electrons. The van der Waals surface area contributed by atoms with Crippen molar-refractivity contribution in [1.29, 1.82) is 0 Å². The quantitative estimate of drug-likeness (QED) is 0.911. The highest BCUT2D eigenvalue weighted by atomic mass is 16.3. The summed E-state index contributed by atoms with van der Waals surface area (Å²) in [4.78, 5) is 15.0. The Morgan fingerprint density at radius 3 is 2.80 bits per heavy atom. The smallest absolute Gasteiger partial charge is 0.225 e. The lowest BCUT2D eigenvalue weighted by Crippen LogP contribution is -2.54. The van der Waals surface area contributed by atoms with Crippen molar-refractivity contribution in [3.05, 3.63) is 12.4 Å². The van der Waals surface area contributed by atoms with Crippen molar-refractivity contribution >= 4 is 5.91 Å². The van der Waals surface area contributed by atoms with Crippen LogP contribution in [-0.2, 0) is 11.3 Å². The SMILES string of the molecule is O=C(C1CCC2CCCCC2C1)N1CCCC(O)(Cn2ccnn2)C1. The van der Waals surface area contributed by atoms with Crippen LogP contribution in [0.4, 0.5) is 0 Å². The molecule has 4 unspecified atom stereocenters. The van der Waals surface area contributed by atoms with Gasteiger partial charge in [0.15, 0.2) is 0 Å². The van der Waals surface area contributed by atoms with E-state index in [4.69, 9.17) is 0 Å². The van der Waals surface area contributed by atoms with Crippen LogP contribution in [0.15, 0.2) is 12.4 Å². The lowest BCUT2D eigenvalue weighted by atomic mass is 9.67. The van der Waals surface area contributed by atoms with Gasteiger partial charge in [0.05, 0.1) is 19.3 Å². The molecule has 3 fully saturated rings. The fourth-order valence-corrected chi connectivity index (χ4v) is 5.40. The first-order valence-electron chi connectivity index (χ1n) is 9.98. The van der Waals surface area contributed by atoms with E-state index in [1.165, 1.54) is 32.1 Å². The molecule has 4 atom stereocenters. The maximum atomic E-state index is 13.1. The Kier molecular flexibility index (Phi) is 4.80. The number of nitrogens with zero attached hydrogens (tertiary/aromatic N) is 4. The summed E-state index contributed by atoms with van der Waals surface area (Å²) >= 11 is 0. The molecule has 1 aliphatic heterocycles. The predicted octanol–water partition coefficient (Wildman–Crippen LogP) is 2.24. The van der Waals surface area contributed by atoms with Crippen molar-refractivity contribution in [2.45, 2.75) is 69.9 Å². The summed E-state index contributed by atoms with van der Waals surface area (Å²) in [5.41, 5.74) is -0.885. The number of carbonyl (C=O) groups is 1. The molecule has 25 heavy (non-hydrogen) atoms. The summed E-state index contributed by atoms with van der Waals surface area (Å²) < 4.78 is 1.67. The van der Waals surface area contributed by atoms with Gasteiger partial charge in [0.25, 0.3) is 0 Å². The Balaban J connectivity index is 1.38. The first kappa shape index (κ1) is 17.0. The zero-order chi connectivity index (χ0) is 17.3.